The summed E-state index contributed by atoms with van der Waals surface area (Å²) in [5.41, 5.74) is 0.947. The fourth-order valence-electron chi connectivity index (χ4n) is 2.25. The van der Waals surface area contributed by atoms with Crippen LogP contribution in [0.25, 0.3) is 6.08 Å². The average molecular weight is 326 g/mol. The van der Waals surface area contributed by atoms with Crippen LogP contribution in [0.4, 0.5) is 0 Å². The summed E-state index contributed by atoms with van der Waals surface area (Å²) in [6, 6.07) is 7.42. The molecule has 0 amide bonds. The van der Waals surface area contributed by atoms with Crippen LogP contribution in [0.1, 0.15) is 5.56 Å². The second-order valence-electron chi connectivity index (χ2n) is 5.21. The molecule has 0 aromatic heterocycles. The van der Waals surface area contributed by atoms with Gasteiger partial charge in [-0.15, -0.1) is 0 Å². The maximum absolute atomic E-state index is 9.82. The fraction of sp³-hybridized carbons (Fsp3) is 0.500. The van der Waals surface area contributed by atoms with Crippen molar-refractivity contribution in [2.45, 2.75) is 30.7 Å². The van der Waals surface area contributed by atoms with Gasteiger partial charge in [-0.2, -0.15) is 0 Å². The first-order valence-corrected chi connectivity index (χ1v) is 7.29. The Morgan fingerprint density at radius 2 is 1.78 bits per heavy atom. The van der Waals surface area contributed by atoms with Gasteiger partial charge in [0.25, 0.3) is 0 Å². The molecule has 1 aromatic carbocycles. The van der Waals surface area contributed by atoms with Gasteiger partial charge in [-0.3, -0.25) is 0 Å². The summed E-state index contributed by atoms with van der Waals surface area (Å²) < 4.78 is 15.6. The first-order valence-electron chi connectivity index (χ1n) is 7.29. The summed E-state index contributed by atoms with van der Waals surface area (Å²) in [6.07, 6.45) is -2.74. The average Bonchev–Trinajstić information content (AvgIpc) is 2.59. The Morgan fingerprint density at radius 3 is 2.39 bits per heavy atom. The molecule has 2 rings (SSSR count). The van der Waals surface area contributed by atoms with Gasteiger partial charge in [-0.1, -0.05) is 24.3 Å². The van der Waals surface area contributed by atoms with Crippen molar-refractivity contribution in [3.8, 4) is 5.75 Å². The van der Waals surface area contributed by atoms with E-state index in [0.717, 1.165) is 11.3 Å². The molecule has 23 heavy (non-hydrogen) atoms. The molecule has 1 aliphatic heterocycles. The molecule has 128 valence electrons. The van der Waals surface area contributed by atoms with Crippen LogP contribution in [0.15, 0.2) is 30.3 Å². The number of aliphatic hydroxyl groups is 4. The van der Waals surface area contributed by atoms with E-state index in [1.165, 1.54) is 0 Å². The Balaban J connectivity index is 1.85. The third-order valence-electron chi connectivity index (χ3n) is 3.63. The van der Waals surface area contributed by atoms with E-state index in [1.807, 2.05) is 30.3 Å². The topological polar surface area (TPSA) is 109 Å². The second-order valence-corrected chi connectivity index (χ2v) is 5.21. The van der Waals surface area contributed by atoms with E-state index in [1.54, 1.807) is 13.2 Å². The standard InChI is InChI=1S/C16H22O7/c1-21-11-6-4-10(5-7-11)3-2-8-22-16-15(20)14(19)13(18)12(9-17)23-16/h2-7,12-20H,8-9H2,1H3/t12-,13-,14+,15-,16-/m1/s1. The maximum Gasteiger partial charge on any atom is 0.187 e. The zero-order chi connectivity index (χ0) is 16.8. The Hall–Kier alpha value is -1.48. The van der Waals surface area contributed by atoms with E-state index in [4.69, 9.17) is 19.3 Å². The van der Waals surface area contributed by atoms with Gasteiger partial charge in [0.1, 0.15) is 30.2 Å². The van der Waals surface area contributed by atoms with Crippen LogP contribution in [0.2, 0.25) is 0 Å². The highest BCUT2D eigenvalue weighted by Gasteiger charge is 2.43. The molecule has 7 nitrogen and oxygen atoms in total. The lowest BCUT2D eigenvalue weighted by Gasteiger charge is -2.39. The highest BCUT2D eigenvalue weighted by molar-refractivity contribution is 5.50. The van der Waals surface area contributed by atoms with E-state index in [2.05, 4.69) is 0 Å². The van der Waals surface area contributed by atoms with Gasteiger partial charge in [0.15, 0.2) is 6.29 Å². The number of ether oxygens (including phenoxy) is 3. The van der Waals surface area contributed by atoms with Gasteiger partial charge in [-0.25, -0.2) is 0 Å². The van der Waals surface area contributed by atoms with Gasteiger partial charge in [0.05, 0.1) is 20.3 Å². The number of aliphatic hydroxyl groups excluding tert-OH is 4. The molecule has 5 atom stereocenters. The molecule has 4 N–H and O–H groups in total. The predicted octanol–water partition coefficient (Wildman–Crippen LogP) is -0.475. The minimum Gasteiger partial charge on any atom is -0.497 e. The van der Waals surface area contributed by atoms with Crippen LogP contribution in [-0.2, 0) is 9.47 Å². The molecular formula is C16H22O7. The molecule has 1 heterocycles. The molecule has 1 aromatic rings. The third kappa shape index (κ3) is 4.51. The van der Waals surface area contributed by atoms with Gasteiger partial charge in [0.2, 0.25) is 0 Å². The SMILES string of the molecule is COc1ccc(C=CCO[C@@H]2O[C@H](CO)[C@@H](O)[C@H](O)[C@H]2O)cc1. The lowest BCUT2D eigenvalue weighted by Crippen LogP contribution is -2.59. The van der Waals surface area contributed by atoms with Gasteiger partial charge in [0, 0.05) is 0 Å². The Labute approximate surface area is 134 Å². The number of methoxy groups -OCH3 is 1. The van der Waals surface area contributed by atoms with Crippen molar-refractivity contribution in [2.75, 3.05) is 20.3 Å². The highest BCUT2D eigenvalue weighted by Crippen LogP contribution is 2.22. The normalized spacial score (nSPS) is 31.4. The lowest BCUT2D eigenvalue weighted by atomic mass is 9.99. The Morgan fingerprint density at radius 1 is 1.09 bits per heavy atom. The summed E-state index contributed by atoms with van der Waals surface area (Å²) in [4.78, 5) is 0. The molecular weight excluding hydrogens is 304 g/mol. The minimum absolute atomic E-state index is 0.134. The quantitative estimate of drug-likeness (QED) is 0.559. The monoisotopic (exact) mass is 326 g/mol. The molecule has 0 saturated carbocycles. The van der Waals surface area contributed by atoms with Gasteiger partial charge >= 0.3 is 0 Å². The molecule has 0 aliphatic carbocycles. The summed E-state index contributed by atoms with van der Waals surface area (Å²) in [6.45, 7) is -0.346. The van der Waals surface area contributed by atoms with Crippen LogP contribution in [0.3, 0.4) is 0 Å². The minimum atomic E-state index is -1.43. The van der Waals surface area contributed by atoms with Crippen LogP contribution < -0.4 is 4.74 Å². The van der Waals surface area contributed by atoms with E-state index < -0.39 is 37.3 Å². The Kier molecular flexibility index (Phi) is 6.52. The lowest BCUT2D eigenvalue weighted by molar-refractivity contribution is -0.298. The van der Waals surface area contributed by atoms with E-state index in [0.29, 0.717) is 0 Å². The predicted molar refractivity (Wildman–Crippen MR) is 81.7 cm³/mol. The van der Waals surface area contributed by atoms with E-state index in [9.17, 15) is 15.3 Å². The van der Waals surface area contributed by atoms with Crippen molar-refractivity contribution in [1.29, 1.82) is 0 Å². The van der Waals surface area contributed by atoms with Gasteiger partial charge < -0.3 is 34.6 Å². The molecule has 0 unspecified atom stereocenters. The summed E-state index contributed by atoms with van der Waals surface area (Å²) in [5.74, 6) is 0.764. The van der Waals surface area contributed by atoms with Crippen molar-refractivity contribution in [1.82, 2.24) is 0 Å². The second kappa shape index (κ2) is 8.39. The van der Waals surface area contributed by atoms with Crippen molar-refractivity contribution in [3.63, 3.8) is 0 Å². The smallest absolute Gasteiger partial charge is 0.187 e. The molecule has 1 fully saturated rings. The zero-order valence-electron chi connectivity index (χ0n) is 12.8. The first kappa shape index (κ1) is 17.9. The van der Waals surface area contributed by atoms with Crippen LogP contribution in [0, 0.1) is 0 Å². The fourth-order valence-corrected chi connectivity index (χ4v) is 2.25. The molecule has 0 bridgehead atoms. The van der Waals surface area contributed by atoms with Crippen molar-refractivity contribution < 1.29 is 34.6 Å². The van der Waals surface area contributed by atoms with E-state index >= 15 is 0 Å². The Bertz CT molecular complexity index is 500. The summed E-state index contributed by atoms with van der Waals surface area (Å²) in [5, 5.41) is 38.2. The number of hydrogen-bond acceptors (Lipinski definition) is 7. The number of rotatable bonds is 6. The van der Waals surface area contributed by atoms with E-state index in [-0.39, 0.29) is 6.61 Å². The molecule has 0 radical (unpaired) electrons. The number of hydrogen-bond donors (Lipinski definition) is 4. The third-order valence-corrected chi connectivity index (χ3v) is 3.63. The van der Waals surface area contributed by atoms with Gasteiger partial charge in [-0.05, 0) is 17.7 Å². The zero-order valence-corrected chi connectivity index (χ0v) is 12.8. The van der Waals surface area contributed by atoms with Crippen LogP contribution >= 0.6 is 0 Å². The summed E-state index contributed by atoms with van der Waals surface area (Å²) >= 11 is 0. The first-order chi connectivity index (χ1) is 11.1. The number of benzene rings is 1. The van der Waals surface area contributed by atoms with Crippen LogP contribution in [0.5, 0.6) is 5.75 Å². The largest absolute Gasteiger partial charge is 0.497 e. The molecule has 1 aliphatic rings. The summed E-state index contributed by atoms with van der Waals surface area (Å²) in [7, 11) is 1.60. The highest BCUT2D eigenvalue weighted by atomic mass is 16.7. The molecule has 1 saturated heterocycles. The molecule has 7 heteroatoms. The van der Waals surface area contributed by atoms with Crippen molar-refractivity contribution in [3.05, 3.63) is 35.9 Å². The van der Waals surface area contributed by atoms with Crippen LogP contribution in [-0.4, -0.2) is 71.5 Å². The van der Waals surface area contributed by atoms with Crippen molar-refractivity contribution in [2.24, 2.45) is 0 Å². The van der Waals surface area contributed by atoms with Crippen molar-refractivity contribution >= 4 is 6.08 Å². The maximum atomic E-state index is 9.82. The molecule has 0 spiro atoms.